The zero-order chi connectivity index (χ0) is 20.6. The van der Waals surface area contributed by atoms with E-state index in [1.165, 1.54) is 0 Å². The van der Waals surface area contributed by atoms with Gasteiger partial charge in [-0.15, -0.1) is 10.2 Å². The maximum absolute atomic E-state index is 13.5. The molecule has 2 heterocycles. The number of pyridine rings is 1. The molecular weight excluding hydrogens is 380 g/mol. The molecule has 0 spiro atoms. The third-order valence-electron chi connectivity index (χ3n) is 3.73. The number of nitrogens with one attached hydrogen (secondary N) is 4. The average molecular weight is 399 g/mol. The molecule has 0 saturated heterocycles. The number of nitrogens with zero attached hydrogens (tertiary/aromatic N) is 3. The molecule has 0 unspecified atom stereocenters. The second-order valence-electron chi connectivity index (χ2n) is 6.08. The van der Waals surface area contributed by atoms with Crippen LogP contribution < -0.4 is 21.3 Å². The first-order valence-corrected chi connectivity index (χ1v) is 8.77. The van der Waals surface area contributed by atoms with Gasteiger partial charge < -0.3 is 21.3 Å². The summed E-state index contributed by atoms with van der Waals surface area (Å²) < 4.78 is 26.6. The van der Waals surface area contributed by atoms with Gasteiger partial charge in [0.1, 0.15) is 23.3 Å². The van der Waals surface area contributed by atoms with Crippen molar-refractivity contribution in [2.24, 2.45) is 0 Å². The van der Waals surface area contributed by atoms with Gasteiger partial charge in [-0.3, -0.25) is 0 Å². The van der Waals surface area contributed by atoms with Crippen LogP contribution in [0.15, 0.2) is 48.7 Å². The van der Waals surface area contributed by atoms with Crippen molar-refractivity contribution >= 4 is 29.2 Å². The van der Waals surface area contributed by atoms with Crippen molar-refractivity contribution in [3.05, 3.63) is 65.9 Å². The molecule has 8 nitrogen and oxygen atoms in total. The largest absolute Gasteiger partial charge is 0.367 e. The molecule has 2 amide bonds. The molecule has 10 heteroatoms. The topological polar surface area (TPSA) is 104 Å². The lowest BCUT2D eigenvalue weighted by atomic mass is 10.3. The van der Waals surface area contributed by atoms with Crippen LogP contribution in [0.2, 0.25) is 0 Å². The molecule has 150 valence electrons. The maximum atomic E-state index is 13.5. The molecule has 0 atom stereocenters. The number of halogens is 2. The van der Waals surface area contributed by atoms with Crippen molar-refractivity contribution in [3.8, 4) is 0 Å². The van der Waals surface area contributed by atoms with Gasteiger partial charge in [-0.25, -0.2) is 18.6 Å². The zero-order valence-corrected chi connectivity index (χ0v) is 15.5. The quantitative estimate of drug-likeness (QED) is 0.454. The highest BCUT2D eigenvalue weighted by Gasteiger charge is 2.07. The molecule has 4 N–H and O–H groups in total. The first-order chi connectivity index (χ1) is 14.0. The Hall–Kier alpha value is -3.82. The lowest BCUT2D eigenvalue weighted by molar-refractivity contribution is 0.252. The minimum Gasteiger partial charge on any atom is -0.367 e. The van der Waals surface area contributed by atoms with Crippen molar-refractivity contribution < 1.29 is 13.6 Å². The van der Waals surface area contributed by atoms with E-state index in [2.05, 4.69) is 36.4 Å². The number of aromatic nitrogens is 3. The van der Waals surface area contributed by atoms with Crippen LogP contribution in [0.4, 0.5) is 36.7 Å². The van der Waals surface area contributed by atoms with Crippen LogP contribution >= 0.6 is 0 Å². The number of carbonyl (C=O) groups is 1. The zero-order valence-electron chi connectivity index (χ0n) is 15.5. The van der Waals surface area contributed by atoms with E-state index in [9.17, 15) is 13.6 Å². The summed E-state index contributed by atoms with van der Waals surface area (Å²) in [6, 6.07) is 9.42. The number of urea groups is 1. The fourth-order valence-electron chi connectivity index (χ4n) is 2.29. The summed E-state index contributed by atoms with van der Waals surface area (Å²) in [6.07, 6.45) is 1.75. The lowest BCUT2D eigenvalue weighted by Crippen LogP contribution is -2.33. The second kappa shape index (κ2) is 9.40. The Bertz CT molecular complexity index is 965. The summed E-state index contributed by atoms with van der Waals surface area (Å²) >= 11 is 0. The monoisotopic (exact) mass is 399 g/mol. The van der Waals surface area contributed by atoms with Crippen molar-refractivity contribution in [1.29, 1.82) is 0 Å². The highest BCUT2D eigenvalue weighted by Crippen LogP contribution is 2.15. The summed E-state index contributed by atoms with van der Waals surface area (Å²) in [6.45, 7) is 2.55. The minimum atomic E-state index is -0.718. The Labute approximate surface area is 165 Å². The van der Waals surface area contributed by atoms with Gasteiger partial charge in [-0.2, -0.15) is 0 Å². The Morgan fingerprint density at radius 1 is 0.966 bits per heavy atom. The van der Waals surface area contributed by atoms with E-state index < -0.39 is 17.7 Å². The standard InChI is InChI=1S/C19H19F2N7O/c1-12-2-5-16(24-11-12)26-18-7-6-17(27-28-18)22-8-9-23-19(29)25-15-10-13(20)3-4-14(15)21/h2-7,10-11H,8-9H2,1H3,(H,22,27)(H2,23,25,29)(H,24,26,28). The van der Waals surface area contributed by atoms with Gasteiger partial charge in [0.05, 0.1) is 5.69 Å². The number of amides is 2. The minimum absolute atomic E-state index is 0.229. The highest BCUT2D eigenvalue weighted by molar-refractivity contribution is 5.89. The van der Waals surface area contributed by atoms with Crippen molar-refractivity contribution in [2.45, 2.75) is 6.92 Å². The number of hydrogen-bond donors (Lipinski definition) is 4. The van der Waals surface area contributed by atoms with Gasteiger partial charge in [0, 0.05) is 25.4 Å². The van der Waals surface area contributed by atoms with Gasteiger partial charge >= 0.3 is 6.03 Å². The SMILES string of the molecule is Cc1ccc(Nc2ccc(NCCNC(=O)Nc3cc(F)ccc3F)nn2)nc1. The Balaban J connectivity index is 1.40. The Morgan fingerprint density at radius 3 is 2.45 bits per heavy atom. The average Bonchev–Trinajstić information content (AvgIpc) is 2.71. The van der Waals surface area contributed by atoms with Crippen LogP contribution in [0.3, 0.4) is 0 Å². The molecule has 1 aromatic carbocycles. The Kier molecular flexibility index (Phi) is 6.46. The fraction of sp³-hybridized carbons (Fsp3) is 0.158. The summed E-state index contributed by atoms with van der Waals surface area (Å²) in [5.74, 6) is 0.366. The molecule has 29 heavy (non-hydrogen) atoms. The van der Waals surface area contributed by atoms with Gasteiger partial charge in [-0.05, 0) is 42.8 Å². The molecule has 0 aliphatic heterocycles. The summed E-state index contributed by atoms with van der Waals surface area (Å²) in [5.41, 5.74) is 0.831. The summed E-state index contributed by atoms with van der Waals surface area (Å²) in [7, 11) is 0. The number of aryl methyl sites for hydroxylation is 1. The molecule has 0 bridgehead atoms. The van der Waals surface area contributed by atoms with E-state index >= 15 is 0 Å². The third-order valence-corrected chi connectivity index (χ3v) is 3.73. The molecule has 0 radical (unpaired) electrons. The van der Waals surface area contributed by atoms with Crippen LogP contribution in [0, 0.1) is 18.6 Å². The normalized spacial score (nSPS) is 10.3. The second-order valence-corrected chi connectivity index (χ2v) is 6.08. The number of anilines is 4. The number of rotatable bonds is 7. The molecule has 0 fully saturated rings. The van der Waals surface area contributed by atoms with Crippen LogP contribution in [0.5, 0.6) is 0 Å². The summed E-state index contributed by atoms with van der Waals surface area (Å²) in [4.78, 5) is 16.0. The van der Waals surface area contributed by atoms with Crippen molar-refractivity contribution in [2.75, 3.05) is 29.0 Å². The summed E-state index contributed by atoms with van der Waals surface area (Å²) in [5, 5.41) is 18.9. The molecular formula is C19H19F2N7O. The van der Waals surface area contributed by atoms with Gasteiger partial charge in [0.25, 0.3) is 0 Å². The predicted octanol–water partition coefficient (Wildman–Crippen LogP) is 3.44. The molecule has 3 rings (SSSR count). The Morgan fingerprint density at radius 2 is 1.72 bits per heavy atom. The van der Waals surface area contributed by atoms with Gasteiger partial charge in [-0.1, -0.05) is 6.07 Å². The lowest BCUT2D eigenvalue weighted by Gasteiger charge is -2.10. The number of hydrogen-bond acceptors (Lipinski definition) is 6. The smallest absolute Gasteiger partial charge is 0.319 e. The van der Waals surface area contributed by atoms with Crippen LogP contribution in [0.25, 0.3) is 0 Å². The van der Waals surface area contributed by atoms with E-state index in [0.29, 0.717) is 24.0 Å². The van der Waals surface area contributed by atoms with Crippen LogP contribution in [0.1, 0.15) is 5.56 Å². The molecule has 3 aromatic rings. The van der Waals surface area contributed by atoms with Crippen molar-refractivity contribution in [1.82, 2.24) is 20.5 Å². The van der Waals surface area contributed by atoms with Gasteiger partial charge in [0.15, 0.2) is 5.82 Å². The van der Waals surface area contributed by atoms with E-state index in [0.717, 1.165) is 23.8 Å². The fourth-order valence-corrected chi connectivity index (χ4v) is 2.29. The first kappa shape index (κ1) is 19.9. The molecule has 0 saturated carbocycles. The molecule has 0 aliphatic rings. The predicted molar refractivity (Wildman–Crippen MR) is 106 cm³/mol. The van der Waals surface area contributed by atoms with Crippen molar-refractivity contribution in [3.63, 3.8) is 0 Å². The molecule has 2 aromatic heterocycles. The molecule has 0 aliphatic carbocycles. The third kappa shape index (κ3) is 6.09. The van der Waals surface area contributed by atoms with Crippen LogP contribution in [-0.2, 0) is 0 Å². The number of carbonyl (C=O) groups excluding carboxylic acids is 1. The van der Waals surface area contributed by atoms with Gasteiger partial charge in [0.2, 0.25) is 0 Å². The first-order valence-electron chi connectivity index (χ1n) is 8.77. The maximum Gasteiger partial charge on any atom is 0.319 e. The van der Waals surface area contributed by atoms with Crippen LogP contribution in [-0.4, -0.2) is 34.3 Å². The number of benzene rings is 1. The highest BCUT2D eigenvalue weighted by atomic mass is 19.1. The van der Waals surface area contributed by atoms with E-state index in [1.54, 1.807) is 18.3 Å². The van der Waals surface area contributed by atoms with E-state index in [-0.39, 0.29) is 12.2 Å². The van der Waals surface area contributed by atoms with E-state index in [1.807, 2.05) is 19.1 Å². The van der Waals surface area contributed by atoms with E-state index in [4.69, 9.17) is 0 Å².